The fourth-order valence-corrected chi connectivity index (χ4v) is 1.67. The number of carboxylic acid groups (broad SMARTS) is 1. The van der Waals surface area contributed by atoms with Gasteiger partial charge in [0.05, 0.1) is 12.2 Å². The average molecular weight is 308 g/mol. The molecule has 0 radical (unpaired) electrons. The van der Waals surface area contributed by atoms with Gasteiger partial charge in [-0.25, -0.2) is 9.59 Å². The average Bonchev–Trinajstić information content (AvgIpc) is 2.48. The molecular formula is C16H24N2O4. The molecule has 1 rings (SSSR count). The Bertz CT molecular complexity index is 472. The summed E-state index contributed by atoms with van der Waals surface area (Å²) < 4.78 is 5.40. The van der Waals surface area contributed by atoms with E-state index in [-0.39, 0.29) is 11.6 Å². The zero-order chi connectivity index (χ0) is 16.4. The highest BCUT2D eigenvalue weighted by Crippen LogP contribution is 2.04. The predicted octanol–water partition coefficient (Wildman–Crippen LogP) is 2.25. The highest BCUT2D eigenvalue weighted by atomic mass is 16.5. The van der Waals surface area contributed by atoms with Gasteiger partial charge in [0, 0.05) is 19.7 Å². The lowest BCUT2D eigenvalue weighted by Crippen LogP contribution is -2.36. The second kappa shape index (κ2) is 9.78. The molecule has 0 unspecified atom stereocenters. The van der Waals surface area contributed by atoms with Gasteiger partial charge >= 0.3 is 12.0 Å². The highest BCUT2D eigenvalue weighted by Gasteiger charge is 2.03. The number of nitrogens with one attached hydrogen (secondary N) is 2. The van der Waals surface area contributed by atoms with Crippen LogP contribution in [0.25, 0.3) is 0 Å². The van der Waals surface area contributed by atoms with Gasteiger partial charge in [-0.3, -0.25) is 0 Å². The molecule has 22 heavy (non-hydrogen) atoms. The molecule has 1 aromatic carbocycles. The summed E-state index contributed by atoms with van der Waals surface area (Å²) in [7, 11) is 0. The summed E-state index contributed by atoms with van der Waals surface area (Å²) in [6, 6.07) is 6.12. The first-order valence-corrected chi connectivity index (χ1v) is 7.40. The normalized spacial score (nSPS) is 10.5. The van der Waals surface area contributed by atoms with Crippen LogP contribution in [0.4, 0.5) is 4.79 Å². The van der Waals surface area contributed by atoms with Crippen molar-refractivity contribution in [2.75, 3.05) is 19.8 Å². The van der Waals surface area contributed by atoms with Crippen molar-refractivity contribution in [2.45, 2.75) is 26.8 Å². The second-order valence-corrected chi connectivity index (χ2v) is 5.41. The molecule has 6 nitrogen and oxygen atoms in total. The number of hydrogen-bond donors (Lipinski definition) is 3. The van der Waals surface area contributed by atoms with Crippen LogP contribution in [-0.2, 0) is 11.3 Å². The molecule has 1 aromatic rings. The van der Waals surface area contributed by atoms with Crippen molar-refractivity contribution in [2.24, 2.45) is 5.92 Å². The Hall–Kier alpha value is -2.08. The number of aromatic carboxylic acids is 1. The van der Waals surface area contributed by atoms with Crippen molar-refractivity contribution in [3.05, 3.63) is 35.4 Å². The number of benzene rings is 1. The summed E-state index contributed by atoms with van der Waals surface area (Å²) in [4.78, 5) is 22.3. The third kappa shape index (κ3) is 7.64. The largest absolute Gasteiger partial charge is 0.478 e. The molecule has 2 amide bonds. The summed E-state index contributed by atoms with van der Waals surface area (Å²) in [6.07, 6.45) is 1.01. The maximum absolute atomic E-state index is 11.6. The van der Waals surface area contributed by atoms with Gasteiger partial charge in [-0.1, -0.05) is 26.0 Å². The van der Waals surface area contributed by atoms with E-state index in [2.05, 4.69) is 24.5 Å². The Morgan fingerprint density at radius 3 is 2.41 bits per heavy atom. The molecule has 0 bridgehead atoms. The Labute approximate surface area is 130 Å². The number of carbonyl (C=O) groups is 2. The molecule has 0 atom stereocenters. The van der Waals surface area contributed by atoms with Crippen molar-refractivity contribution >= 4 is 12.0 Å². The zero-order valence-corrected chi connectivity index (χ0v) is 13.1. The number of carboxylic acids is 1. The number of carbonyl (C=O) groups excluding carboxylic acids is 1. The molecule has 0 spiro atoms. The first-order valence-electron chi connectivity index (χ1n) is 7.40. The summed E-state index contributed by atoms with van der Waals surface area (Å²) >= 11 is 0. The fourth-order valence-electron chi connectivity index (χ4n) is 1.67. The number of ether oxygens (including phenoxy) is 1. The zero-order valence-electron chi connectivity index (χ0n) is 13.1. The molecule has 0 aliphatic heterocycles. The fraction of sp³-hybridized carbons (Fsp3) is 0.500. The highest BCUT2D eigenvalue weighted by molar-refractivity contribution is 5.87. The summed E-state index contributed by atoms with van der Waals surface area (Å²) in [6.45, 7) is 6.28. The lowest BCUT2D eigenvalue weighted by molar-refractivity contribution is 0.0697. The van der Waals surface area contributed by atoms with Gasteiger partial charge < -0.3 is 20.5 Å². The third-order valence-electron chi connectivity index (χ3n) is 3.03. The SMILES string of the molecule is CC(C)CCOCCNC(=O)NCc1ccc(C(=O)O)cc1. The van der Waals surface area contributed by atoms with Crippen LogP contribution in [0.15, 0.2) is 24.3 Å². The molecule has 0 saturated carbocycles. The first-order chi connectivity index (χ1) is 10.5. The molecular weight excluding hydrogens is 284 g/mol. The van der Waals surface area contributed by atoms with Gasteiger partial charge in [0.25, 0.3) is 0 Å². The van der Waals surface area contributed by atoms with Crippen LogP contribution in [0.3, 0.4) is 0 Å². The lowest BCUT2D eigenvalue weighted by Gasteiger charge is -2.09. The first kappa shape index (κ1) is 18.0. The lowest BCUT2D eigenvalue weighted by atomic mass is 10.1. The van der Waals surface area contributed by atoms with E-state index in [4.69, 9.17) is 9.84 Å². The topological polar surface area (TPSA) is 87.7 Å². The van der Waals surface area contributed by atoms with E-state index in [0.29, 0.717) is 32.2 Å². The van der Waals surface area contributed by atoms with Gasteiger partial charge in [-0.2, -0.15) is 0 Å². The summed E-state index contributed by atoms with van der Waals surface area (Å²) in [5.74, 6) is -0.349. The van der Waals surface area contributed by atoms with Crippen LogP contribution in [0.5, 0.6) is 0 Å². The van der Waals surface area contributed by atoms with Crippen LogP contribution in [0, 0.1) is 5.92 Å². The van der Waals surface area contributed by atoms with Crippen molar-refractivity contribution < 1.29 is 19.4 Å². The maximum Gasteiger partial charge on any atom is 0.335 e. The van der Waals surface area contributed by atoms with E-state index in [1.165, 1.54) is 12.1 Å². The van der Waals surface area contributed by atoms with E-state index in [0.717, 1.165) is 12.0 Å². The molecule has 6 heteroatoms. The molecule has 0 saturated heterocycles. The van der Waals surface area contributed by atoms with Crippen LogP contribution in [0.2, 0.25) is 0 Å². The molecule has 0 fully saturated rings. The molecule has 0 heterocycles. The van der Waals surface area contributed by atoms with Crippen molar-refractivity contribution in [3.8, 4) is 0 Å². The van der Waals surface area contributed by atoms with Gasteiger partial charge in [0.2, 0.25) is 0 Å². The van der Waals surface area contributed by atoms with Gasteiger partial charge in [-0.05, 0) is 30.0 Å². The monoisotopic (exact) mass is 308 g/mol. The minimum atomic E-state index is -0.963. The van der Waals surface area contributed by atoms with Crippen LogP contribution in [-0.4, -0.2) is 36.9 Å². The molecule has 122 valence electrons. The van der Waals surface area contributed by atoms with Gasteiger partial charge in [0.1, 0.15) is 0 Å². The Morgan fingerprint density at radius 1 is 1.14 bits per heavy atom. The molecule has 0 aliphatic rings. The summed E-state index contributed by atoms with van der Waals surface area (Å²) in [5, 5.41) is 14.2. The van der Waals surface area contributed by atoms with E-state index in [9.17, 15) is 9.59 Å². The van der Waals surface area contributed by atoms with Crippen LogP contribution < -0.4 is 10.6 Å². The number of amides is 2. The second-order valence-electron chi connectivity index (χ2n) is 5.41. The Balaban J connectivity index is 2.14. The maximum atomic E-state index is 11.6. The van der Waals surface area contributed by atoms with E-state index in [1.54, 1.807) is 12.1 Å². The molecule has 0 aromatic heterocycles. The Kier molecular flexibility index (Phi) is 7.99. The number of rotatable bonds is 9. The van der Waals surface area contributed by atoms with E-state index in [1.807, 2.05) is 0 Å². The standard InChI is InChI=1S/C16H24N2O4/c1-12(2)7-9-22-10-8-17-16(21)18-11-13-3-5-14(6-4-13)15(19)20/h3-6,12H,7-11H2,1-2H3,(H,19,20)(H2,17,18,21). The quantitative estimate of drug-likeness (QED) is 0.611. The van der Waals surface area contributed by atoms with Gasteiger partial charge in [-0.15, -0.1) is 0 Å². The minimum Gasteiger partial charge on any atom is -0.478 e. The van der Waals surface area contributed by atoms with E-state index >= 15 is 0 Å². The number of hydrogen-bond acceptors (Lipinski definition) is 3. The van der Waals surface area contributed by atoms with Gasteiger partial charge in [0.15, 0.2) is 0 Å². The minimum absolute atomic E-state index is 0.228. The van der Waals surface area contributed by atoms with Crippen molar-refractivity contribution in [1.82, 2.24) is 10.6 Å². The van der Waals surface area contributed by atoms with Crippen molar-refractivity contribution in [1.29, 1.82) is 0 Å². The Morgan fingerprint density at radius 2 is 1.82 bits per heavy atom. The smallest absolute Gasteiger partial charge is 0.335 e. The van der Waals surface area contributed by atoms with Crippen LogP contribution >= 0.6 is 0 Å². The van der Waals surface area contributed by atoms with Crippen LogP contribution in [0.1, 0.15) is 36.2 Å². The summed E-state index contributed by atoms with van der Waals surface area (Å²) in [5.41, 5.74) is 1.07. The molecule has 3 N–H and O–H groups in total. The number of urea groups is 1. The van der Waals surface area contributed by atoms with E-state index < -0.39 is 5.97 Å². The van der Waals surface area contributed by atoms with Crippen molar-refractivity contribution in [3.63, 3.8) is 0 Å². The predicted molar refractivity (Wildman–Crippen MR) is 83.9 cm³/mol. The third-order valence-corrected chi connectivity index (χ3v) is 3.03. The molecule has 0 aliphatic carbocycles.